The number of hydrogen-bond acceptors (Lipinski definition) is 6. The van der Waals surface area contributed by atoms with Crippen molar-refractivity contribution in [3.05, 3.63) is 12.2 Å². The largest absolute Gasteiger partial charge is 0.756 e. The van der Waals surface area contributed by atoms with Gasteiger partial charge in [0.25, 0.3) is 7.82 Å². The molecule has 0 aliphatic carbocycles. The average molecular weight is 619 g/mol. The topological polar surface area (TPSA) is 108 Å². The summed E-state index contributed by atoms with van der Waals surface area (Å²) in [7, 11) is 1.26. The van der Waals surface area contributed by atoms with E-state index in [2.05, 4.69) is 19.2 Å². The van der Waals surface area contributed by atoms with Gasteiger partial charge in [-0.1, -0.05) is 129 Å². The quantitative estimate of drug-likeness (QED) is 0.0375. The number of allylic oxidation sites excluding steroid dienone is 1. The smallest absolute Gasteiger partial charge is 0.268 e. The van der Waals surface area contributed by atoms with Gasteiger partial charge in [-0.25, -0.2) is 0 Å². The van der Waals surface area contributed by atoms with Gasteiger partial charge >= 0.3 is 0 Å². The van der Waals surface area contributed by atoms with Crippen molar-refractivity contribution in [2.24, 2.45) is 0 Å². The number of hydrogen-bond donors (Lipinski definition) is 2. The Hall–Kier alpha value is -0.760. The molecule has 0 aromatic rings. The molecule has 250 valence electrons. The molecule has 0 aromatic heterocycles. The lowest BCUT2D eigenvalue weighted by molar-refractivity contribution is -0.870. The minimum atomic E-state index is -4.56. The number of carbonyl (C=O) groups is 1. The number of likely N-dealkylation sites (N-methyl/N-ethyl adjacent to an activating group) is 1. The fraction of sp³-hybridized carbons (Fsp3) is 0.909. The number of quaternary nitrogens is 1. The first-order valence-electron chi connectivity index (χ1n) is 17.1. The van der Waals surface area contributed by atoms with Crippen LogP contribution in [-0.4, -0.2) is 68.5 Å². The van der Waals surface area contributed by atoms with Gasteiger partial charge in [0.05, 0.1) is 39.9 Å². The first-order valence-corrected chi connectivity index (χ1v) is 18.5. The van der Waals surface area contributed by atoms with E-state index in [-0.39, 0.29) is 19.1 Å². The van der Waals surface area contributed by atoms with Crippen molar-refractivity contribution in [3.63, 3.8) is 0 Å². The molecule has 42 heavy (non-hydrogen) atoms. The zero-order chi connectivity index (χ0) is 31.5. The van der Waals surface area contributed by atoms with E-state index < -0.39 is 20.0 Å². The van der Waals surface area contributed by atoms with Gasteiger partial charge in [-0.3, -0.25) is 9.36 Å². The van der Waals surface area contributed by atoms with Crippen LogP contribution in [0.5, 0.6) is 0 Å². The Balaban J connectivity index is 4.62. The minimum Gasteiger partial charge on any atom is -0.756 e. The molecule has 1 amide bonds. The molecule has 3 unspecified atom stereocenters. The van der Waals surface area contributed by atoms with Crippen LogP contribution in [0.4, 0.5) is 0 Å². The number of nitrogens with one attached hydrogen (secondary N) is 1. The van der Waals surface area contributed by atoms with Gasteiger partial charge in [0.1, 0.15) is 13.2 Å². The van der Waals surface area contributed by atoms with Crippen LogP contribution in [0.2, 0.25) is 0 Å². The molecular weight excluding hydrogens is 551 g/mol. The maximum Gasteiger partial charge on any atom is 0.268 e. The Morgan fingerprint density at radius 3 is 1.79 bits per heavy atom. The Labute approximate surface area is 259 Å². The summed E-state index contributed by atoms with van der Waals surface area (Å²) in [4.78, 5) is 24.9. The highest BCUT2D eigenvalue weighted by Gasteiger charge is 2.23. The molecule has 2 N–H and O–H groups in total. The molecule has 0 bridgehead atoms. The van der Waals surface area contributed by atoms with Crippen LogP contribution >= 0.6 is 7.82 Å². The highest BCUT2D eigenvalue weighted by molar-refractivity contribution is 7.45. The van der Waals surface area contributed by atoms with Crippen LogP contribution in [0.25, 0.3) is 0 Å². The number of aliphatic hydroxyl groups is 1. The minimum absolute atomic E-state index is 0.00105. The fourth-order valence-corrected chi connectivity index (χ4v) is 5.40. The number of nitrogens with zero attached hydrogens (tertiary/aromatic N) is 1. The molecule has 0 fully saturated rings. The van der Waals surface area contributed by atoms with E-state index in [1.807, 2.05) is 27.2 Å². The van der Waals surface area contributed by atoms with E-state index >= 15 is 0 Å². The van der Waals surface area contributed by atoms with Crippen molar-refractivity contribution in [3.8, 4) is 0 Å². The van der Waals surface area contributed by atoms with Gasteiger partial charge in [-0.15, -0.1) is 0 Å². The van der Waals surface area contributed by atoms with E-state index in [1.165, 1.54) is 83.5 Å². The monoisotopic (exact) mass is 618 g/mol. The molecule has 0 spiro atoms. The second-order valence-corrected chi connectivity index (χ2v) is 14.3. The lowest BCUT2D eigenvalue weighted by Gasteiger charge is -2.29. The van der Waals surface area contributed by atoms with Gasteiger partial charge in [-0.2, -0.15) is 0 Å². The van der Waals surface area contributed by atoms with E-state index in [4.69, 9.17) is 9.05 Å². The molecule has 0 aliphatic heterocycles. The van der Waals surface area contributed by atoms with Crippen LogP contribution in [0.1, 0.15) is 142 Å². The first-order chi connectivity index (χ1) is 20.0. The average Bonchev–Trinajstić information content (AvgIpc) is 2.92. The van der Waals surface area contributed by atoms with Crippen molar-refractivity contribution in [1.82, 2.24) is 5.32 Å². The summed E-state index contributed by atoms with van der Waals surface area (Å²) < 4.78 is 22.9. The molecule has 0 aromatic carbocycles. The van der Waals surface area contributed by atoms with Crippen molar-refractivity contribution in [1.29, 1.82) is 0 Å². The standard InChI is InChI=1S/C33H67N2O6P/c1-6-8-10-12-14-16-17-18-19-20-22-24-26-32(36)31(30-41-42(38,39)40-29-28-35(3,4)5)34-33(37)27-25-23-21-15-13-11-9-7-2/h24,26,31-32,36H,6-23,25,27-30H2,1-5H3,(H-,34,37,38,39)/b26-24+. The van der Waals surface area contributed by atoms with Gasteiger partial charge in [0.2, 0.25) is 5.91 Å². The zero-order valence-corrected chi connectivity index (χ0v) is 28.9. The van der Waals surface area contributed by atoms with Crippen molar-refractivity contribution in [2.45, 2.75) is 154 Å². The molecule has 0 saturated carbocycles. The normalized spacial score (nSPS) is 15.1. The first kappa shape index (κ1) is 41.2. The molecule has 9 heteroatoms. The van der Waals surface area contributed by atoms with Crippen molar-refractivity contribution < 1.29 is 32.9 Å². The van der Waals surface area contributed by atoms with E-state index in [1.54, 1.807) is 6.08 Å². The number of aliphatic hydroxyl groups excluding tert-OH is 1. The number of rotatable bonds is 30. The second kappa shape index (κ2) is 26.6. The van der Waals surface area contributed by atoms with Crippen LogP contribution in [0, 0.1) is 0 Å². The van der Waals surface area contributed by atoms with Crippen LogP contribution in [0.3, 0.4) is 0 Å². The number of phosphoric acid groups is 1. The summed E-state index contributed by atoms with van der Waals surface area (Å²) in [5, 5.41) is 13.6. The highest BCUT2D eigenvalue weighted by Crippen LogP contribution is 2.38. The Bertz CT molecular complexity index is 713. The Morgan fingerprint density at radius 1 is 0.810 bits per heavy atom. The maximum atomic E-state index is 12.6. The van der Waals surface area contributed by atoms with Crippen LogP contribution < -0.4 is 10.2 Å². The van der Waals surface area contributed by atoms with Gasteiger partial charge in [-0.05, 0) is 19.3 Å². The predicted octanol–water partition coefficient (Wildman–Crippen LogP) is 7.44. The second-order valence-electron chi connectivity index (χ2n) is 12.9. The zero-order valence-electron chi connectivity index (χ0n) is 28.0. The van der Waals surface area contributed by atoms with Gasteiger partial charge in [0.15, 0.2) is 0 Å². The number of amides is 1. The molecular formula is C33H67N2O6P. The third kappa shape index (κ3) is 28.0. The van der Waals surface area contributed by atoms with Gasteiger partial charge < -0.3 is 28.8 Å². The molecule has 0 heterocycles. The molecule has 0 saturated heterocycles. The lowest BCUT2D eigenvalue weighted by Crippen LogP contribution is -2.45. The van der Waals surface area contributed by atoms with E-state index in [0.29, 0.717) is 17.4 Å². The fourth-order valence-electron chi connectivity index (χ4n) is 4.68. The third-order valence-electron chi connectivity index (χ3n) is 7.50. The number of carbonyl (C=O) groups excluding carboxylic acids is 1. The number of unbranched alkanes of at least 4 members (excludes halogenated alkanes) is 17. The summed E-state index contributed by atoms with van der Waals surface area (Å²) in [6.45, 7) is 4.57. The van der Waals surface area contributed by atoms with Gasteiger partial charge in [0, 0.05) is 6.42 Å². The molecule has 8 nitrogen and oxygen atoms in total. The van der Waals surface area contributed by atoms with E-state index in [0.717, 1.165) is 38.5 Å². The maximum absolute atomic E-state index is 12.6. The molecule has 0 radical (unpaired) electrons. The van der Waals surface area contributed by atoms with Crippen molar-refractivity contribution >= 4 is 13.7 Å². The SMILES string of the molecule is CCCCCCCCCCCC/C=C/C(O)C(COP(=O)([O-])OCC[N+](C)(C)C)NC(=O)CCCCCCCCCC. The van der Waals surface area contributed by atoms with Crippen LogP contribution in [-0.2, 0) is 18.4 Å². The third-order valence-corrected chi connectivity index (χ3v) is 8.46. The van der Waals surface area contributed by atoms with E-state index in [9.17, 15) is 19.4 Å². The summed E-state index contributed by atoms with van der Waals surface area (Å²) in [6, 6.07) is -0.875. The molecule has 0 rings (SSSR count). The van der Waals surface area contributed by atoms with Crippen LogP contribution in [0.15, 0.2) is 12.2 Å². The number of phosphoric ester groups is 1. The summed E-state index contributed by atoms with van der Waals surface area (Å²) >= 11 is 0. The van der Waals surface area contributed by atoms with Crippen molar-refractivity contribution in [2.75, 3.05) is 40.9 Å². The summed E-state index contributed by atoms with van der Waals surface area (Å²) in [6.07, 6.45) is 25.4. The predicted molar refractivity (Wildman–Crippen MR) is 173 cm³/mol. The Kier molecular flexibility index (Phi) is 26.1. The summed E-state index contributed by atoms with van der Waals surface area (Å²) in [5.41, 5.74) is 0. The summed E-state index contributed by atoms with van der Waals surface area (Å²) in [5.74, 6) is -0.205. The molecule has 0 aliphatic rings. The molecule has 3 atom stereocenters. The highest BCUT2D eigenvalue weighted by atomic mass is 31.2. The Morgan fingerprint density at radius 2 is 1.29 bits per heavy atom. The lowest BCUT2D eigenvalue weighted by atomic mass is 10.1.